The number of benzene rings is 1. The van der Waals surface area contributed by atoms with E-state index in [1.54, 1.807) is 0 Å². The van der Waals surface area contributed by atoms with Crippen LogP contribution in [0.15, 0.2) is 41.4 Å². The van der Waals surface area contributed by atoms with Gasteiger partial charge in [0.15, 0.2) is 0 Å². The van der Waals surface area contributed by atoms with Crippen molar-refractivity contribution >= 4 is 34.4 Å². The molecule has 5 nitrogen and oxygen atoms in total. The molecule has 0 atom stereocenters. The van der Waals surface area contributed by atoms with E-state index in [4.69, 9.17) is 0 Å². The van der Waals surface area contributed by atoms with Crippen molar-refractivity contribution in [3.05, 3.63) is 57.4 Å². The molecule has 0 aliphatic carbocycles. The van der Waals surface area contributed by atoms with Crippen molar-refractivity contribution in [2.75, 3.05) is 32.1 Å². The molecule has 0 saturated carbocycles. The zero-order chi connectivity index (χ0) is 20.7. The SMILES string of the molecule is Cc1ccc(C)c(N2C(=O)C(c3cccs3)=C(N(C)C3CCN(C)CC3)C2=O)c1. The monoisotopic (exact) mass is 409 g/mol. The Labute approximate surface area is 176 Å². The number of aryl methyl sites for hydroxylation is 2. The largest absolute Gasteiger partial charge is 0.366 e. The van der Waals surface area contributed by atoms with Gasteiger partial charge in [0.2, 0.25) is 0 Å². The van der Waals surface area contributed by atoms with E-state index in [0.29, 0.717) is 17.0 Å². The van der Waals surface area contributed by atoms with Crippen molar-refractivity contribution < 1.29 is 9.59 Å². The predicted octanol–water partition coefficient (Wildman–Crippen LogP) is 3.68. The summed E-state index contributed by atoms with van der Waals surface area (Å²) in [5, 5.41) is 1.95. The number of carbonyl (C=O) groups is 2. The zero-order valence-electron chi connectivity index (χ0n) is 17.4. The summed E-state index contributed by atoms with van der Waals surface area (Å²) in [6.07, 6.45) is 1.97. The molecule has 2 amide bonds. The zero-order valence-corrected chi connectivity index (χ0v) is 18.3. The summed E-state index contributed by atoms with van der Waals surface area (Å²) in [5.41, 5.74) is 3.70. The van der Waals surface area contributed by atoms with Gasteiger partial charge in [-0.3, -0.25) is 9.59 Å². The van der Waals surface area contributed by atoms with Gasteiger partial charge in [-0.1, -0.05) is 18.2 Å². The summed E-state index contributed by atoms with van der Waals surface area (Å²) in [6.45, 7) is 5.92. The lowest BCUT2D eigenvalue weighted by atomic mass is 10.0. The molecular weight excluding hydrogens is 382 g/mol. The number of likely N-dealkylation sites (N-methyl/N-ethyl adjacent to an activating group) is 1. The van der Waals surface area contributed by atoms with Gasteiger partial charge in [-0.15, -0.1) is 11.3 Å². The number of piperidine rings is 1. The molecule has 6 heteroatoms. The molecule has 1 saturated heterocycles. The number of likely N-dealkylation sites (tertiary alicyclic amines) is 1. The molecular formula is C23H27N3O2S. The van der Waals surface area contributed by atoms with Crippen LogP contribution >= 0.6 is 11.3 Å². The molecule has 1 aromatic carbocycles. The highest BCUT2D eigenvalue weighted by Gasteiger charge is 2.44. The Morgan fingerprint density at radius 3 is 2.45 bits per heavy atom. The maximum absolute atomic E-state index is 13.6. The fraction of sp³-hybridized carbons (Fsp3) is 0.391. The van der Waals surface area contributed by atoms with Crippen molar-refractivity contribution in [1.82, 2.24) is 9.80 Å². The van der Waals surface area contributed by atoms with Crippen LogP contribution in [0.4, 0.5) is 5.69 Å². The van der Waals surface area contributed by atoms with E-state index in [1.165, 1.54) is 16.2 Å². The van der Waals surface area contributed by atoms with Gasteiger partial charge in [-0.2, -0.15) is 0 Å². The number of nitrogens with zero attached hydrogens (tertiary/aromatic N) is 3. The maximum atomic E-state index is 13.6. The van der Waals surface area contributed by atoms with Gasteiger partial charge in [-0.25, -0.2) is 4.90 Å². The molecule has 29 heavy (non-hydrogen) atoms. The van der Waals surface area contributed by atoms with E-state index in [9.17, 15) is 9.59 Å². The molecule has 0 spiro atoms. The summed E-state index contributed by atoms with van der Waals surface area (Å²) < 4.78 is 0. The van der Waals surface area contributed by atoms with Crippen LogP contribution in [-0.4, -0.2) is 54.8 Å². The highest BCUT2D eigenvalue weighted by Crippen LogP contribution is 2.38. The van der Waals surface area contributed by atoms with Crippen molar-refractivity contribution in [3.8, 4) is 0 Å². The third-order valence-corrected chi connectivity index (χ3v) is 6.91. The second-order valence-corrected chi connectivity index (χ2v) is 9.03. The molecule has 2 aliphatic heterocycles. The van der Waals surface area contributed by atoms with Gasteiger partial charge < -0.3 is 9.80 Å². The topological polar surface area (TPSA) is 43.9 Å². The van der Waals surface area contributed by atoms with Crippen molar-refractivity contribution in [3.63, 3.8) is 0 Å². The molecule has 2 aromatic rings. The van der Waals surface area contributed by atoms with E-state index in [-0.39, 0.29) is 17.9 Å². The second-order valence-electron chi connectivity index (χ2n) is 8.08. The van der Waals surface area contributed by atoms with Crippen LogP contribution in [0.1, 0.15) is 28.8 Å². The molecule has 0 unspecified atom stereocenters. The molecule has 1 fully saturated rings. The van der Waals surface area contributed by atoms with Crippen LogP contribution in [0, 0.1) is 13.8 Å². The summed E-state index contributed by atoms with van der Waals surface area (Å²) in [4.78, 5) is 33.8. The average molecular weight is 410 g/mol. The lowest BCUT2D eigenvalue weighted by molar-refractivity contribution is -0.120. The first kappa shape index (κ1) is 19.9. The lowest BCUT2D eigenvalue weighted by Crippen LogP contribution is -2.43. The van der Waals surface area contributed by atoms with Crippen LogP contribution in [0.25, 0.3) is 5.57 Å². The predicted molar refractivity (Wildman–Crippen MR) is 118 cm³/mol. The second kappa shape index (κ2) is 7.76. The summed E-state index contributed by atoms with van der Waals surface area (Å²) in [6, 6.07) is 10.0. The number of thiophene rings is 1. The van der Waals surface area contributed by atoms with E-state index >= 15 is 0 Å². The van der Waals surface area contributed by atoms with Crippen LogP contribution in [-0.2, 0) is 9.59 Å². The minimum absolute atomic E-state index is 0.214. The molecule has 0 bridgehead atoms. The highest BCUT2D eigenvalue weighted by atomic mass is 32.1. The lowest BCUT2D eigenvalue weighted by Gasteiger charge is -2.36. The molecule has 2 aliphatic rings. The third-order valence-electron chi connectivity index (χ3n) is 6.02. The van der Waals surface area contributed by atoms with Gasteiger partial charge in [-0.05, 0) is 75.5 Å². The van der Waals surface area contributed by atoms with Gasteiger partial charge >= 0.3 is 0 Å². The van der Waals surface area contributed by atoms with E-state index in [2.05, 4.69) is 16.8 Å². The van der Waals surface area contributed by atoms with Gasteiger partial charge in [0.25, 0.3) is 11.8 Å². The van der Waals surface area contributed by atoms with Crippen molar-refractivity contribution in [1.29, 1.82) is 0 Å². The van der Waals surface area contributed by atoms with Crippen LogP contribution in [0.3, 0.4) is 0 Å². The Hall–Kier alpha value is -2.44. The van der Waals surface area contributed by atoms with E-state index < -0.39 is 0 Å². The molecule has 152 valence electrons. The Morgan fingerprint density at radius 2 is 1.79 bits per heavy atom. The average Bonchev–Trinajstić information content (AvgIpc) is 3.30. The number of imide groups is 1. The van der Waals surface area contributed by atoms with Gasteiger partial charge in [0.05, 0.1) is 11.3 Å². The minimum Gasteiger partial charge on any atom is -0.366 e. The molecule has 0 radical (unpaired) electrons. The number of hydrogen-bond acceptors (Lipinski definition) is 5. The molecule has 1 aromatic heterocycles. The standard InChI is InChI=1S/C23H27N3O2S/c1-15-7-8-16(2)18(14-15)26-22(27)20(19-6-5-13-29-19)21(23(26)28)25(4)17-9-11-24(3)12-10-17/h5-8,13-14,17H,9-12H2,1-4H3. The first-order chi connectivity index (χ1) is 13.9. The fourth-order valence-corrected chi connectivity index (χ4v) is 4.99. The highest BCUT2D eigenvalue weighted by molar-refractivity contribution is 7.11. The Morgan fingerprint density at radius 1 is 1.07 bits per heavy atom. The number of anilines is 1. The Balaban J connectivity index is 1.78. The number of rotatable bonds is 4. The summed E-state index contributed by atoms with van der Waals surface area (Å²) in [5.74, 6) is -0.436. The number of amides is 2. The maximum Gasteiger partial charge on any atom is 0.282 e. The van der Waals surface area contributed by atoms with Crippen molar-refractivity contribution in [2.24, 2.45) is 0 Å². The minimum atomic E-state index is -0.221. The fourth-order valence-electron chi connectivity index (χ4n) is 4.23. The van der Waals surface area contributed by atoms with Crippen LogP contribution < -0.4 is 4.90 Å². The van der Waals surface area contributed by atoms with Crippen LogP contribution in [0.2, 0.25) is 0 Å². The Kier molecular flexibility index (Phi) is 5.32. The Bertz CT molecular complexity index is 972. The van der Waals surface area contributed by atoms with E-state index in [0.717, 1.165) is 41.9 Å². The summed E-state index contributed by atoms with van der Waals surface area (Å²) in [7, 11) is 4.09. The first-order valence-corrected chi connectivity index (χ1v) is 10.9. The van der Waals surface area contributed by atoms with Gasteiger partial charge in [0, 0.05) is 18.0 Å². The van der Waals surface area contributed by atoms with Crippen LogP contribution in [0.5, 0.6) is 0 Å². The van der Waals surface area contributed by atoms with Gasteiger partial charge in [0.1, 0.15) is 5.70 Å². The molecule has 3 heterocycles. The normalized spacial score (nSPS) is 18.8. The van der Waals surface area contributed by atoms with Crippen molar-refractivity contribution in [2.45, 2.75) is 32.7 Å². The number of carbonyl (C=O) groups excluding carboxylic acids is 2. The number of hydrogen-bond donors (Lipinski definition) is 0. The summed E-state index contributed by atoms with van der Waals surface area (Å²) >= 11 is 1.51. The molecule has 0 N–H and O–H groups in total. The molecule has 4 rings (SSSR count). The quantitative estimate of drug-likeness (QED) is 0.723. The van der Waals surface area contributed by atoms with E-state index in [1.807, 2.05) is 56.6 Å². The third kappa shape index (κ3) is 3.51. The first-order valence-electron chi connectivity index (χ1n) is 10.0. The smallest absolute Gasteiger partial charge is 0.282 e.